The lowest BCUT2D eigenvalue weighted by atomic mass is 9.86. The van der Waals surface area contributed by atoms with Gasteiger partial charge in [0.15, 0.2) is 6.61 Å². The summed E-state index contributed by atoms with van der Waals surface area (Å²) in [4.78, 5) is 23.5. The highest BCUT2D eigenvalue weighted by atomic mass is 127. The molecule has 0 saturated heterocycles. The fourth-order valence-electron chi connectivity index (χ4n) is 2.76. The number of carbonyl (C=O) groups is 2. The van der Waals surface area contributed by atoms with E-state index in [0.29, 0.717) is 12.3 Å². The smallest absolute Gasteiger partial charge is 0.306 e. The molecular formula is C17H22INO3. The SMILES string of the molecule is O=C(COC(=O)CCC1CCCCC1)Nc1ccccc1I. The molecule has 1 aromatic carbocycles. The van der Waals surface area contributed by atoms with Gasteiger partial charge in [-0.3, -0.25) is 9.59 Å². The van der Waals surface area contributed by atoms with Gasteiger partial charge in [-0.15, -0.1) is 0 Å². The van der Waals surface area contributed by atoms with Crippen molar-refractivity contribution in [2.75, 3.05) is 11.9 Å². The highest BCUT2D eigenvalue weighted by Crippen LogP contribution is 2.27. The molecule has 1 aliphatic rings. The highest BCUT2D eigenvalue weighted by Gasteiger charge is 2.16. The molecule has 4 nitrogen and oxygen atoms in total. The van der Waals surface area contributed by atoms with E-state index in [1.165, 1.54) is 32.1 Å². The molecule has 1 saturated carbocycles. The molecule has 0 bridgehead atoms. The van der Waals surface area contributed by atoms with Crippen molar-refractivity contribution in [2.45, 2.75) is 44.9 Å². The molecule has 0 aromatic heterocycles. The van der Waals surface area contributed by atoms with Crippen LogP contribution in [-0.4, -0.2) is 18.5 Å². The molecule has 1 N–H and O–H groups in total. The number of hydrogen-bond acceptors (Lipinski definition) is 3. The summed E-state index contributed by atoms with van der Waals surface area (Å²) in [7, 11) is 0. The summed E-state index contributed by atoms with van der Waals surface area (Å²) >= 11 is 2.15. The van der Waals surface area contributed by atoms with Crippen molar-refractivity contribution in [3.05, 3.63) is 27.8 Å². The predicted molar refractivity (Wildman–Crippen MR) is 94.6 cm³/mol. The highest BCUT2D eigenvalue weighted by molar-refractivity contribution is 14.1. The number of ether oxygens (including phenoxy) is 1. The Kier molecular flexibility index (Phi) is 7.15. The summed E-state index contributed by atoms with van der Waals surface area (Å²) in [5.41, 5.74) is 0.742. The maximum Gasteiger partial charge on any atom is 0.306 e. The van der Waals surface area contributed by atoms with E-state index in [4.69, 9.17) is 4.74 Å². The van der Waals surface area contributed by atoms with Crippen molar-refractivity contribution in [2.24, 2.45) is 5.92 Å². The molecule has 22 heavy (non-hydrogen) atoms. The first-order valence-corrected chi connectivity index (χ1v) is 8.93. The van der Waals surface area contributed by atoms with Gasteiger partial charge in [-0.25, -0.2) is 0 Å². The molecule has 0 atom stereocenters. The number of nitrogens with one attached hydrogen (secondary N) is 1. The zero-order valence-corrected chi connectivity index (χ0v) is 14.8. The maximum atomic E-state index is 11.8. The van der Waals surface area contributed by atoms with Gasteiger partial charge in [-0.05, 0) is 47.1 Å². The van der Waals surface area contributed by atoms with Gasteiger partial charge in [-0.1, -0.05) is 44.2 Å². The van der Waals surface area contributed by atoms with Crippen molar-refractivity contribution in [1.29, 1.82) is 0 Å². The van der Waals surface area contributed by atoms with Crippen LogP contribution in [0.1, 0.15) is 44.9 Å². The summed E-state index contributed by atoms with van der Waals surface area (Å²) in [6.07, 6.45) is 7.62. The Labute approximate surface area is 145 Å². The number of carbonyl (C=O) groups excluding carboxylic acids is 2. The average molecular weight is 415 g/mol. The van der Waals surface area contributed by atoms with Gasteiger partial charge in [0.2, 0.25) is 0 Å². The molecule has 1 aromatic rings. The topological polar surface area (TPSA) is 55.4 Å². The van der Waals surface area contributed by atoms with Crippen molar-refractivity contribution in [3.8, 4) is 0 Å². The zero-order chi connectivity index (χ0) is 15.8. The average Bonchev–Trinajstić information content (AvgIpc) is 2.54. The number of para-hydroxylation sites is 1. The summed E-state index contributed by atoms with van der Waals surface area (Å²) in [6, 6.07) is 7.49. The molecule has 0 unspecified atom stereocenters. The second kappa shape index (κ2) is 9.12. The van der Waals surface area contributed by atoms with E-state index in [1.807, 2.05) is 24.3 Å². The lowest BCUT2D eigenvalue weighted by Crippen LogP contribution is -2.21. The number of halogens is 1. The summed E-state index contributed by atoms with van der Waals surface area (Å²) in [5.74, 6) is 0.0830. The molecule has 1 aliphatic carbocycles. The van der Waals surface area contributed by atoms with E-state index in [2.05, 4.69) is 27.9 Å². The fraction of sp³-hybridized carbons (Fsp3) is 0.529. The second-order valence-corrected chi connectivity index (χ2v) is 6.89. The number of hydrogen-bond donors (Lipinski definition) is 1. The van der Waals surface area contributed by atoms with Crippen LogP contribution in [0.2, 0.25) is 0 Å². The van der Waals surface area contributed by atoms with Crippen LogP contribution in [0, 0.1) is 9.49 Å². The van der Waals surface area contributed by atoms with Crippen molar-refractivity contribution < 1.29 is 14.3 Å². The minimum absolute atomic E-state index is 0.214. The van der Waals surface area contributed by atoms with E-state index < -0.39 is 0 Å². The van der Waals surface area contributed by atoms with Crippen molar-refractivity contribution >= 4 is 40.2 Å². The quantitative estimate of drug-likeness (QED) is 0.562. The van der Waals surface area contributed by atoms with Gasteiger partial charge in [0.25, 0.3) is 5.91 Å². The minimum Gasteiger partial charge on any atom is -0.456 e. The van der Waals surface area contributed by atoms with E-state index in [1.54, 1.807) is 0 Å². The lowest BCUT2D eigenvalue weighted by molar-refractivity contribution is -0.147. The van der Waals surface area contributed by atoms with Crippen LogP contribution in [0.4, 0.5) is 5.69 Å². The van der Waals surface area contributed by atoms with Crippen LogP contribution in [-0.2, 0) is 14.3 Å². The standard InChI is InChI=1S/C17H22INO3/c18-14-8-4-5-9-15(14)19-16(20)12-22-17(21)11-10-13-6-2-1-3-7-13/h4-5,8-9,13H,1-3,6-7,10-12H2,(H,19,20). The van der Waals surface area contributed by atoms with Crippen LogP contribution < -0.4 is 5.32 Å². The second-order valence-electron chi connectivity index (χ2n) is 5.73. The molecule has 0 heterocycles. The Morgan fingerprint density at radius 2 is 1.91 bits per heavy atom. The third-order valence-electron chi connectivity index (χ3n) is 3.99. The number of amides is 1. The molecule has 5 heteroatoms. The Bertz CT molecular complexity index is 512. The summed E-state index contributed by atoms with van der Waals surface area (Å²) in [6.45, 7) is -0.214. The van der Waals surface area contributed by atoms with Crippen LogP contribution in [0.15, 0.2) is 24.3 Å². The van der Waals surface area contributed by atoms with Gasteiger partial charge in [0, 0.05) is 9.99 Å². The van der Waals surface area contributed by atoms with Crippen molar-refractivity contribution in [1.82, 2.24) is 0 Å². The third kappa shape index (κ3) is 5.94. The van der Waals surface area contributed by atoms with Gasteiger partial charge >= 0.3 is 5.97 Å². The van der Waals surface area contributed by atoms with Gasteiger partial charge in [-0.2, -0.15) is 0 Å². The minimum atomic E-state index is -0.296. The summed E-state index contributed by atoms with van der Waals surface area (Å²) in [5, 5.41) is 2.75. The number of anilines is 1. The largest absolute Gasteiger partial charge is 0.456 e. The Balaban J connectivity index is 1.65. The zero-order valence-electron chi connectivity index (χ0n) is 12.6. The van der Waals surface area contributed by atoms with E-state index in [9.17, 15) is 9.59 Å². The maximum absolute atomic E-state index is 11.8. The van der Waals surface area contributed by atoms with Crippen LogP contribution >= 0.6 is 22.6 Å². The van der Waals surface area contributed by atoms with Gasteiger partial charge < -0.3 is 10.1 Å². The Morgan fingerprint density at radius 3 is 2.64 bits per heavy atom. The molecule has 0 spiro atoms. The van der Waals surface area contributed by atoms with Crippen molar-refractivity contribution in [3.63, 3.8) is 0 Å². The Morgan fingerprint density at radius 1 is 1.18 bits per heavy atom. The molecular weight excluding hydrogens is 393 g/mol. The van der Waals surface area contributed by atoms with Crippen LogP contribution in [0.3, 0.4) is 0 Å². The normalized spacial score (nSPS) is 15.3. The first-order chi connectivity index (χ1) is 10.6. The lowest BCUT2D eigenvalue weighted by Gasteiger charge is -2.20. The van der Waals surface area contributed by atoms with Crippen LogP contribution in [0.25, 0.3) is 0 Å². The van der Waals surface area contributed by atoms with Gasteiger partial charge in [0.05, 0.1) is 5.69 Å². The first kappa shape index (κ1) is 17.2. The monoisotopic (exact) mass is 415 g/mol. The molecule has 2 rings (SSSR count). The Hall–Kier alpha value is -1.11. The van der Waals surface area contributed by atoms with Crippen LogP contribution in [0.5, 0.6) is 0 Å². The predicted octanol–water partition coefficient (Wildman–Crippen LogP) is 4.13. The fourth-order valence-corrected chi connectivity index (χ4v) is 3.29. The third-order valence-corrected chi connectivity index (χ3v) is 4.93. The number of rotatable bonds is 6. The van der Waals surface area contributed by atoms with Gasteiger partial charge in [0.1, 0.15) is 0 Å². The molecule has 120 valence electrons. The first-order valence-electron chi connectivity index (χ1n) is 7.85. The number of esters is 1. The number of benzene rings is 1. The summed E-state index contributed by atoms with van der Waals surface area (Å²) < 4.78 is 6.01. The molecule has 0 aliphatic heterocycles. The van der Waals surface area contributed by atoms with E-state index in [0.717, 1.165) is 15.7 Å². The van der Waals surface area contributed by atoms with E-state index >= 15 is 0 Å². The molecule has 1 fully saturated rings. The molecule has 1 amide bonds. The molecule has 0 radical (unpaired) electrons. The van der Waals surface area contributed by atoms with E-state index in [-0.39, 0.29) is 18.5 Å².